The summed E-state index contributed by atoms with van der Waals surface area (Å²) in [6.07, 6.45) is -0.600. The van der Waals surface area contributed by atoms with Crippen LogP contribution in [0.5, 0.6) is 5.75 Å². The molecule has 1 atom stereocenters. The minimum atomic E-state index is -0.913. The molecule has 1 N–H and O–H groups in total. The Hall–Kier alpha value is -1.10. The average molecular weight is 304 g/mol. The van der Waals surface area contributed by atoms with E-state index >= 15 is 0 Å². The van der Waals surface area contributed by atoms with Crippen molar-refractivity contribution in [2.24, 2.45) is 0 Å². The Morgan fingerprint density at radius 3 is 2.88 bits per heavy atom. The van der Waals surface area contributed by atoms with E-state index in [2.05, 4.69) is 21.2 Å². The van der Waals surface area contributed by atoms with Gasteiger partial charge >= 0.3 is 0 Å². The number of carbonyl (C=O) groups excluding carboxylic acids is 1. The van der Waals surface area contributed by atoms with Gasteiger partial charge in [-0.05, 0) is 47.5 Å². The van der Waals surface area contributed by atoms with Gasteiger partial charge in [-0.25, -0.2) is 4.39 Å². The van der Waals surface area contributed by atoms with Crippen molar-refractivity contribution in [1.82, 2.24) is 5.32 Å². The van der Waals surface area contributed by atoms with Gasteiger partial charge in [-0.15, -0.1) is 0 Å². The summed E-state index contributed by atoms with van der Waals surface area (Å²) in [6, 6.07) is 5.13. The van der Waals surface area contributed by atoms with Crippen molar-refractivity contribution in [2.75, 3.05) is 13.7 Å². The molecule has 0 radical (unpaired) electrons. The molecule has 94 valence electrons. The van der Waals surface area contributed by atoms with Crippen LogP contribution in [0.15, 0.2) is 22.7 Å². The van der Waals surface area contributed by atoms with E-state index in [0.29, 0.717) is 28.8 Å². The molecule has 1 aromatic rings. The van der Waals surface area contributed by atoms with E-state index in [1.807, 2.05) is 0 Å². The summed E-state index contributed by atoms with van der Waals surface area (Å²) >= 11 is 3.29. The first kappa shape index (κ1) is 14.0. The first-order valence-electron chi connectivity index (χ1n) is 5.30. The topological polar surface area (TPSA) is 38.3 Å². The fraction of sp³-hybridized carbons (Fsp3) is 0.417. The fourth-order valence-electron chi connectivity index (χ4n) is 1.29. The van der Waals surface area contributed by atoms with Gasteiger partial charge in [0.15, 0.2) is 0 Å². The number of benzene rings is 1. The third-order valence-electron chi connectivity index (χ3n) is 2.25. The van der Waals surface area contributed by atoms with Gasteiger partial charge in [0.2, 0.25) is 0 Å². The number of methoxy groups -OCH3 is 1. The fourth-order valence-corrected chi connectivity index (χ4v) is 1.71. The number of halogens is 2. The smallest absolute Gasteiger partial charge is 0.252 e. The SMILES string of the molecule is COc1ccc(Br)c(C(=O)NCC[C@@H](C)F)c1. The molecule has 0 aromatic heterocycles. The van der Waals surface area contributed by atoms with Crippen LogP contribution in [0.2, 0.25) is 0 Å². The number of alkyl halides is 1. The Morgan fingerprint density at radius 2 is 2.29 bits per heavy atom. The molecule has 0 saturated carbocycles. The summed E-state index contributed by atoms with van der Waals surface area (Å²) in [6.45, 7) is 1.79. The first-order valence-corrected chi connectivity index (χ1v) is 6.09. The number of carbonyl (C=O) groups is 1. The lowest BCUT2D eigenvalue weighted by Crippen LogP contribution is -2.26. The standard InChI is InChI=1S/C12H15BrFNO2/c1-8(14)5-6-15-12(16)10-7-9(17-2)3-4-11(10)13/h3-4,7-8H,5-6H2,1-2H3,(H,15,16)/t8-/m1/s1. The third-order valence-corrected chi connectivity index (χ3v) is 2.94. The lowest BCUT2D eigenvalue weighted by molar-refractivity contribution is 0.0949. The summed E-state index contributed by atoms with van der Waals surface area (Å²) in [7, 11) is 1.54. The molecule has 0 aliphatic carbocycles. The van der Waals surface area contributed by atoms with Crippen molar-refractivity contribution >= 4 is 21.8 Å². The van der Waals surface area contributed by atoms with Gasteiger partial charge in [0.25, 0.3) is 5.91 Å². The molecule has 1 aromatic carbocycles. The van der Waals surface area contributed by atoms with Crippen molar-refractivity contribution in [3.8, 4) is 5.75 Å². The Bertz CT molecular complexity index is 396. The van der Waals surface area contributed by atoms with E-state index < -0.39 is 6.17 Å². The van der Waals surface area contributed by atoms with Crippen LogP contribution in [0.1, 0.15) is 23.7 Å². The van der Waals surface area contributed by atoms with Gasteiger partial charge in [-0.1, -0.05) is 0 Å². The van der Waals surface area contributed by atoms with Gasteiger partial charge < -0.3 is 10.1 Å². The number of ether oxygens (including phenoxy) is 1. The maximum atomic E-state index is 12.6. The maximum absolute atomic E-state index is 12.6. The Kier molecular flexibility index (Phi) is 5.41. The maximum Gasteiger partial charge on any atom is 0.252 e. The number of hydrogen-bond acceptors (Lipinski definition) is 2. The molecule has 0 bridgehead atoms. The minimum Gasteiger partial charge on any atom is -0.497 e. The summed E-state index contributed by atoms with van der Waals surface area (Å²) in [5, 5.41) is 2.66. The molecule has 0 aliphatic rings. The lowest BCUT2D eigenvalue weighted by atomic mass is 10.2. The lowest BCUT2D eigenvalue weighted by Gasteiger charge is -2.08. The number of rotatable bonds is 5. The second-order valence-electron chi connectivity index (χ2n) is 3.67. The molecule has 3 nitrogen and oxygen atoms in total. The first-order chi connectivity index (χ1) is 8.04. The monoisotopic (exact) mass is 303 g/mol. The molecule has 0 aliphatic heterocycles. The summed E-state index contributed by atoms with van der Waals surface area (Å²) in [5.41, 5.74) is 0.482. The predicted octanol–water partition coefficient (Wildman–Crippen LogP) is 2.94. The minimum absolute atomic E-state index is 0.239. The van der Waals surface area contributed by atoms with Crippen LogP contribution in [-0.4, -0.2) is 25.7 Å². The zero-order valence-electron chi connectivity index (χ0n) is 9.80. The second-order valence-corrected chi connectivity index (χ2v) is 4.53. The van der Waals surface area contributed by atoms with Crippen molar-refractivity contribution in [2.45, 2.75) is 19.5 Å². The van der Waals surface area contributed by atoms with E-state index in [9.17, 15) is 9.18 Å². The van der Waals surface area contributed by atoms with Crippen LogP contribution in [0.4, 0.5) is 4.39 Å². The van der Waals surface area contributed by atoms with Gasteiger partial charge in [0.1, 0.15) is 5.75 Å². The van der Waals surface area contributed by atoms with Crippen LogP contribution in [0, 0.1) is 0 Å². The van der Waals surface area contributed by atoms with Gasteiger partial charge in [-0.2, -0.15) is 0 Å². The zero-order valence-corrected chi connectivity index (χ0v) is 11.4. The normalized spacial score (nSPS) is 12.0. The van der Waals surface area contributed by atoms with Crippen molar-refractivity contribution < 1.29 is 13.9 Å². The highest BCUT2D eigenvalue weighted by Gasteiger charge is 2.11. The zero-order chi connectivity index (χ0) is 12.8. The van der Waals surface area contributed by atoms with E-state index in [0.717, 1.165) is 0 Å². The van der Waals surface area contributed by atoms with E-state index in [4.69, 9.17) is 4.74 Å². The van der Waals surface area contributed by atoms with Crippen LogP contribution < -0.4 is 10.1 Å². The predicted molar refractivity (Wildman–Crippen MR) is 68.2 cm³/mol. The molecule has 0 saturated heterocycles. The van der Waals surface area contributed by atoms with Crippen LogP contribution in [-0.2, 0) is 0 Å². The van der Waals surface area contributed by atoms with Crippen molar-refractivity contribution in [1.29, 1.82) is 0 Å². The average Bonchev–Trinajstić information content (AvgIpc) is 2.29. The molecule has 17 heavy (non-hydrogen) atoms. The molecule has 0 fully saturated rings. The van der Waals surface area contributed by atoms with E-state index in [1.54, 1.807) is 18.2 Å². The quantitative estimate of drug-likeness (QED) is 0.908. The third kappa shape index (κ3) is 4.34. The summed E-state index contributed by atoms with van der Waals surface area (Å²) in [5.74, 6) is 0.369. The van der Waals surface area contributed by atoms with Crippen LogP contribution in [0.25, 0.3) is 0 Å². The van der Waals surface area contributed by atoms with Gasteiger partial charge in [0.05, 0.1) is 18.8 Å². The molecule has 1 rings (SSSR count). The molecular formula is C12H15BrFNO2. The Morgan fingerprint density at radius 1 is 1.59 bits per heavy atom. The second kappa shape index (κ2) is 6.59. The van der Waals surface area contributed by atoms with Crippen LogP contribution in [0.3, 0.4) is 0 Å². The highest BCUT2D eigenvalue weighted by atomic mass is 79.9. The molecule has 0 heterocycles. The Balaban J connectivity index is 2.67. The molecule has 1 amide bonds. The van der Waals surface area contributed by atoms with Crippen molar-refractivity contribution in [3.63, 3.8) is 0 Å². The molecule has 0 unspecified atom stereocenters. The Labute approximate surface area is 108 Å². The summed E-state index contributed by atoms with van der Waals surface area (Å²) in [4.78, 5) is 11.8. The van der Waals surface area contributed by atoms with Crippen LogP contribution >= 0.6 is 15.9 Å². The molecule has 0 spiro atoms. The van der Waals surface area contributed by atoms with E-state index in [-0.39, 0.29) is 5.91 Å². The van der Waals surface area contributed by atoms with Gasteiger partial charge in [0, 0.05) is 11.0 Å². The number of amides is 1. The number of nitrogens with one attached hydrogen (secondary N) is 1. The molecular weight excluding hydrogens is 289 g/mol. The van der Waals surface area contributed by atoms with Gasteiger partial charge in [-0.3, -0.25) is 4.79 Å². The highest BCUT2D eigenvalue weighted by Crippen LogP contribution is 2.22. The van der Waals surface area contributed by atoms with Crippen molar-refractivity contribution in [3.05, 3.63) is 28.2 Å². The number of hydrogen-bond donors (Lipinski definition) is 1. The van der Waals surface area contributed by atoms with E-state index in [1.165, 1.54) is 14.0 Å². The highest BCUT2D eigenvalue weighted by molar-refractivity contribution is 9.10. The largest absolute Gasteiger partial charge is 0.497 e. The summed E-state index contributed by atoms with van der Waals surface area (Å²) < 4.78 is 18.3. The molecule has 5 heteroatoms.